The fourth-order valence-corrected chi connectivity index (χ4v) is 3.49. The van der Waals surface area contributed by atoms with Crippen LogP contribution in [0.2, 0.25) is 0 Å². The summed E-state index contributed by atoms with van der Waals surface area (Å²) < 4.78 is 17.8. The van der Waals surface area contributed by atoms with Crippen LogP contribution in [0.15, 0.2) is 24.3 Å². The number of ether oxygens (including phenoxy) is 3. The molecule has 0 unspecified atom stereocenters. The zero-order valence-corrected chi connectivity index (χ0v) is 17.1. The number of anilines is 2. The molecule has 1 fully saturated rings. The topological polar surface area (TPSA) is 127 Å². The van der Waals surface area contributed by atoms with Crippen molar-refractivity contribution in [1.29, 1.82) is 0 Å². The van der Waals surface area contributed by atoms with Crippen LogP contribution in [0.25, 0.3) is 22.3 Å². The van der Waals surface area contributed by atoms with Gasteiger partial charge in [0.2, 0.25) is 5.95 Å². The summed E-state index contributed by atoms with van der Waals surface area (Å²) in [7, 11) is 1.64. The molecule has 30 heavy (non-hydrogen) atoms. The highest BCUT2D eigenvalue weighted by Crippen LogP contribution is 2.31. The Labute approximate surface area is 174 Å². The normalized spacial score (nSPS) is 15.0. The molecular formula is C20H27N7O3. The van der Waals surface area contributed by atoms with E-state index in [0.717, 1.165) is 44.2 Å². The molecule has 4 N–H and O–H groups in total. The predicted molar refractivity (Wildman–Crippen MR) is 114 cm³/mol. The molecule has 4 rings (SSSR count). The molecule has 2 aromatic heterocycles. The van der Waals surface area contributed by atoms with Gasteiger partial charge in [0, 0.05) is 32.3 Å². The van der Waals surface area contributed by atoms with Gasteiger partial charge in [0.1, 0.15) is 12.4 Å². The maximum Gasteiger partial charge on any atom is 0.222 e. The number of morpholine rings is 1. The molecule has 10 nitrogen and oxygen atoms in total. The van der Waals surface area contributed by atoms with Gasteiger partial charge in [0.15, 0.2) is 11.5 Å². The van der Waals surface area contributed by atoms with Gasteiger partial charge < -0.3 is 25.7 Å². The number of nitrogen functional groups attached to an aromatic ring is 2. The summed E-state index contributed by atoms with van der Waals surface area (Å²) >= 11 is 0. The number of benzene rings is 1. The van der Waals surface area contributed by atoms with Crippen molar-refractivity contribution in [3.05, 3.63) is 24.3 Å². The van der Waals surface area contributed by atoms with Crippen LogP contribution < -0.4 is 16.2 Å². The number of methoxy groups -OCH3 is 1. The second-order valence-electron chi connectivity index (χ2n) is 7.06. The highest BCUT2D eigenvalue weighted by molar-refractivity contribution is 5.98. The third kappa shape index (κ3) is 4.45. The van der Waals surface area contributed by atoms with E-state index in [2.05, 4.69) is 20.0 Å². The van der Waals surface area contributed by atoms with Crippen LogP contribution in [-0.2, 0) is 16.0 Å². The molecular weight excluding hydrogens is 386 g/mol. The molecule has 3 aromatic rings. The van der Waals surface area contributed by atoms with E-state index in [-0.39, 0.29) is 5.95 Å². The van der Waals surface area contributed by atoms with Gasteiger partial charge in [0.25, 0.3) is 0 Å². The van der Waals surface area contributed by atoms with Crippen molar-refractivity contribution in [1.82, 2.24) is 24.6 Å². The monoisotopic (exact) mass is 413 g/mol. The van der Waals surface area contributed by atoms with Crippen LogP contribution in [0, 0.1) is 0 Å². The summed E-state index contributed by atoms with van der Waals surface area (Å²) in [4.78, 5) is 11.2. The number of hydrogen-bond acceptors (Lipinski definition) is 9. The van der Waals surface area contributed by atoms with Crippen molar-refractivity contribution in [3.63, 3.8) is 0 Å². The summed E-state index contributed by atoms with van der Waals surface area (Å²) in [6.07, 6.45) is 0. The Morgan fingerprint density at radius 3 is 2.53 bits per heavy atom. The Morgan fingerprint density at radius 2 is 1.80 bits per heavy atom. The van der Waals surface area contributed by atoms with Crippen molar-refractivity contribution in [2.24, 2.45) is 0 Å². The molecule has 10 heteroatoms. The standard InChI is InChI=1S/C20H27N7O3/c1-28-12-13-30-15-4-2-14(3-5-15)17-16-18(21)25-27(19(16)24-20(22)23-17)7-6-26-8-10-29-11-9-26/h2-5H,6-13H2,1H3,(H2,21,25)(H2,22,23,24). The van der Waals surface area contributed by atoms with Gasteiger partial charge in [-0.2, -0.15) is 10.1 Å². The average molecular weight is 413 g/mol. The molecule has 0 aliphatic carbocycles. The summed E-state index contributed by atoms with van der Waals surface area (Å²) in [5, 5.41) is 5.22. The quantitative estimate of drug-likeness (QED) is 0.520. The van der Waals surface area contributed by atoms with E-state index in [9.17, 15) is 0 Å². The lowest BCUT2D eigenvalue weighted by atomic mass is 10.1. The molecule has 0 amide bonds. The first-order chi connectivity index (χ1) is 14.7. The van der Waals surface area contributed by atoms with E-state index in [1.807, 2.05) is 28.9 Å². The number of nitrogens with zero attached hydrogens (tertiary/aromatic N) is 5. The van der Waals surface area contributed by atoms with E-state index in [1.165, 1.54) is 0 Å². The maximum atomic E-state index is 6.26. The average Bonchev–Trinajstić information content (AvgIpc) is 3.08. The minimum Gasteiger partial charge on any atom is -0.491 e. The Balaban J connectivity index is 1.60. The first-order valence-electron chi connectivity index (χ1n) is 9.97. The summed E-state index contributed by atoms with van der Waals surface area (Å²) in [5.74, 6) is 1.33. The Kier molecular flexibility index (Phi) is 6.26. The lowest BCUT2D eigenvalue weighted by molar-refractivity contribution is 0.0361. The fraction of sp³-hybridized carbons (Fsp3) is 0.450. The first kappa shape index (κ1) is 20.3. The summed E-state index contributed by atoms with van der Waals surface area (Å²) in [5.41, 5.74) is 14.5. The molecule has 0 atom stereocenters. The van der Waals surface area contributed by atoms with Crippen LogP contribution in [-0.4, -0.2) is 77.8 Å². The molecule has 0 spiro atoms. The number of hydrogen-bond donors (Lipinski definition) is 2. The molecule has 0 bridgehead atoms. The zero-order valence-electron chi connectivity index (χ0n) is 17.1. The van der Waals surface area contributed by atoms with Crippen molar-refractivity contribution >= 4 is 22.8 Å². The Morgan fingerprint density at radius 1 is 1.03 bits per heavy atom. The lowest BCUT2D eigenvalue weighted by Gasteiger charge is -2.26. The van der Waals surface area contributed by atoms with E-state index in [1.54, 1.807) is 7.11 Å². The molecule has 3 heterocycles. The van der Waals surface area contributed by atoms with Gasteiger partial charge in [0.05, 0.1) is 37.4 Å². The number of nitrogens with two attached hydrogens (primary N) is 2. The zero-order chi connectivity index (χ0) is 20.9. The minimum absolute atomic E-state index is 0.186. The molecule has 160 valence electrons. The maximum absolute atomic E-state index is 6.26. The Bertz CT molecular complexity index is 984. The molecule has 1 aliphatic rings. The highest BCUT2D eigenvalue weighted by atomic mass is 16.5. The SMILES string of the molecule is COCCOc1ccc(-c2nc(N)nc3c2c(N)nn3CCN2CCOCC2)cc1. The van der Waals surface area contributed by atoms with E-state index in [4.69, 9.17) is 25.7 Å². The molecule has 1 aliphatic heterocycles. The van der Waals surface area contributed by atoms with E-state index >= 15 is 0 Å². The van der Waals surface area contributed by atoms with Crippen LogP contribution in [0.1, 0.15) is 0 Å². The van der Waals surface area contributed by atoms with Gasteiger partial charge in [-0.3, -0.25) is 4.90 Å². The molecule has 1 aromatic carbocycles. The first-order valence-corrected chi connectivity index (χ1v) is 9.97. The fourth-order valence-electron chi connectivity index (χ4n) is 3.49. The minimum atomic E-state index is 0.186. The van der Waals surface area contributed by atoms with Crippen LogP contribution in [0.5, 0.6) is 5.75 Å². The van der Waals surface area contributed by atoms with Gasteiger partial charge in [-0.05, 0) is 24.3 Å². The van der Waals surface area contributed by atoms with Gasteiger partial charge in [-0.25, -0.2) is 9.67 Å². The summed E-state index contributed by atoms with van der Waals surface area (Å²) in [6, 6.07) is 7.62. The van der Waals surface area contributed by atoms with Gasteiger partial charge in [-0.1, -0.05) is 0 Å². The van der Waals surface area contributed by atoms with E-state index < -0.39 is 0 Å². The van der Waals surface area contributed by atoms with Crippen LogP contribution >= 0.6 is 0 Å². The smallest absolute Gasteiger partial charge is 0.222 e. The number of rotatable bonds is 8. The van der Waals surface area contributed by atoms with Gasteiger partial charge in [-0.15, -0.1) is 0 Å². The third-order valence-electron chi connectivity index (χ3n) is 5.05. The van der Waals surface area contributed by atoms with Crippen molar-refractivity contribution in [2.45, 2.75) is 6.54 Å². The van der Waals surface area contributed by atoms with Crippen molar-refractivity contribution in [2.75, 3.05) is 64.6 Å². The highest BCUT2D eigenvalue weighted by Gasteiger charge is 2.19. The van der Waals surface area contributed by atoms with Crippen molar-refractivity contribution in [3.8, 4) is 17.0 Å². The molecule has 1 saturated heterocycles. The number of fused-ring (bicyclic) bond motifs is 1. The van der Waals surface area contributed by atoms with E-state index in [0.29, 0.717) is 42.3 Å². The lowest BCUT2D eigenvalue weighted by Crippen LogP contribution is -2.38. The molecule has 0 radical (unpaired) electrons. The summed E-state index contributed by atoms with van der Waals surface area (Å²) in [6.45, 7) is 5.86. The van der Waals surface area contributed by atoms with Crippen molar-refractivity contribution < 1.29 is 14.2 Å². The van der Waals surface area contributed by atoms with Crippen LogP contribution in [0.3, 0.4) is 0 Å². The predicted octanol–water partition coefficient (Wildman–Crippen LogP) is 1.02. The van der Waals surface area contributed by atoms with Crippen LogP contribution in [0.4, 0.5) is 11.8 Å². The van der Waals surface area contributed by atoms with Gasteiger partial charge >= 0.3 is 0 Å². The Hall–Kier alpha value is -2.95. The number of aromatic nitrogens is 4. The largest absolute Gasteiger partial charge is 0.491 e. The third-order valence-corrected chi connectivity index (χ3v) is 5.05. The second kappa shape index (κ2) is 9.24. The second-order valence-corrected chi connectivity index (χ2v) is 7.06. The molecule has 0 saturated carbocycles.